The molecule has 1 rings (SSSR count). The van der Waals surface area contributed by atoms with Gasteiger partial charge in [0.25, 0.3) is 0 Å². The second kappa shape index (κ2) is 9.06. The van der Waals surface area contributed by atoms with E-state index in [0.717, 1.165) is 44.9 Å². The summed E-state index contributed by atoms with van der Waals surface area (Å²) in [4.78, 5) is 0. The molecule has 0 aliphatic rings. The van der Waals surface area contributed by atoms with Crippen LogP contribution in [0.5, 0.6) is 5.75 Å². The molecule has 0 heterocycles. The van der Waals surface area contributed by atoms with Gasteiger partial charge in [-0.25, -0.2) is 0 Å². The van der Waals surface area contributed by atoms with Crippen LogP contribution in [0.3, 0.4) is 0 Å². The molecule has 0 saturated heterocycles. The first-order valence-corrected chi connectivity index (χ1v) is 8.00. The van der Waals surface area contributed by atoms with E-state index in [-0.39, 0.29) is 5.41 Å². The highest BCUT2D eigenvalue weighted by atomic mass is 16.5. The fourth-order valence-electron chi connectivity index (χ4n) is 2.35. The highest BCUT2D eigenvalue weighted by Gasteiger charge is 2.19. The topological polar surface area (TPSA) is 35.1 Å². The maximum atomic E-state index is 6.08. The minimum Gasteiger partial charge on any atom is -0.493 e. The summed E-state index contributed by atoms with van der Waals surface area (Å²) in [5, 5.41) is 2.34. The van der Waals surface area contributed by atoms with Crippen molar-refractivity contribution >= 4 is 0 Å². The number of ether oxygens (including phenoxy) is 2. The van der Waals surface area contributed by atoms with Crippen LogP contribution in [0.25, 0.3) is 0 Å². The van der Waals surface area contributed by atoms with E-state index in [2.05, 4.69) is 51.2 Å². The predicted octanol–water partition coefficient (Wildman–Crippen LogP) is 2.66. The van der Waals surface area contributed by atoms with Gasteiger partial charge in [0, 0.05) is 20.0 Å². The van der Waals surface area contributed by atoms with Crippen LogP contribution in [0.15, 0.2) is 18.2 Å². The summed E-state index contributed by atoms with van der Waals surface area (Å²) < 4.78 is 11.1. The molecule has 0 unspecified atom stereocenters. The van der Waals surface area contributed by atoms with Crippen molar-refractivity contribution in [2.45, 2.75) is 46.0 Å². The van der Waals surface area contributed by atoms with Crippen molar-refractivity contribution < 1.29 is 14.8 Å². The second-order valence-corrected chi connectivity index (χ2v) is 6.62. The molecule has 0 amide bonds. The van der Waals surface area contributed by atoms with Crippen LogP contribution in [0, 0.1) is 6.92 Å². The van der Waals surface area contributed by atoms with Crippen LogP contribution in [0.4, 0.5) is 0 Å². The van der Waals surface area contributed by atoms with Gasteiger partial charge in [0.15, 0.2) is 0 Å². The molecule has 0 aliphatic heterocycles. The van der Waals surface area contributed by atoms with E-state index in [1.54, 1.807) is 7.11 Å². The van der Waals surface area contributed by atoms with Crippen LogP contribution in [-0.4, -0.2) is 33.4 Å². The molecule has 0 aliphatic carbocycles. The lowest BCUT2D eigenvalue weighted by atomic mass is 9.85. The molecule has 1 aromatic carbocycles. The number of methoxy groups -OCH3 is 1. The predicted molar refractivity (Wildman–Crippen MR) is 88.1 cm³/mol. The molecule has 3 nitrogen and oxygen atoms in total. The van der Waals surface area contributed by atoms with Crippen molar-refractivity contribution in [2.24, 2.45) is 0 Å². The molecule has 0 saturated carbocycles. The van der Waals surface area contributed by atoms with E-state index in [0.29, 0.717) is 0 Å². The third-order valence-electron chi connectivity index (χ3n) is 3.58. The highest BCUT2D eigenvalue weighted by molar-refractivity contribution is 5.44. The zero-order valence-corrected chi connectivity index (χ0v) is 14.4. The molecule has 0 fully saturated rings. The van der Waals surface area contributed by atoms with Crippen LogP contribution in [-0.2, 0) is 10.2 Å². The molecule has 0 atom stereocenters. The minimum atomic E-state index is 0.119. The van der Waals surface area contributed by atoms with E-state index in [1.807, 2.05) is 0 Å². The molecule has 0 bridgehead atoms. The Morgan fingerprint density at radius 3 is 2.33 bits per heavy atom. The molecule has 0 radical (unpaired) electrons. The monoisotopic (exact) mass is 294 g/mol. The number of rotatable bonds is 9. The van der Waals surface area contributed by atoms with Crippen LogP contribution in [0.2, 0.25) is 0 Å². The number of benzene rings is 1. The molecule has 1 aromatic rings. The number of para-hydroxylation sites is 1. The van der Waals surface area contributed by atoms with Gasteiger partial charge in [-0.3, -0.25) is 0 Å². The first kappa shape index (κ1) is 18.0. The number of hydrogen-bond donors (Lipinski definition) is 1. The van der Waals surface area contributed by atoms with Gasteiger partial charge in [0.2, 0.25) is 0 Å². The summed E-state index contributed by atoms with van der Waals surface area (Å²) in [5.74, 6) is 1.07. The van der Waals surface area contributed by atoms with Crippen molar-refractivity contribution in [1.29, 1.82) is 0 Å². The Morgan fingerprint density at radius 2 is 1.71 bits per heavy atom. The number of quaternary nitrogens is 1. The quantitative estimate of drug-likeness (QED) is 0.711. The number of nitrogens with two attached hydrogens (primary N) is 1. The van der Waals surface area contributed by atoms with Crippen molar-refractivity contribution in [1.82, 2.24) is 0 Å². The third-order valence-corrected chi connectivity index (χ3v) is 3.58. The molecule has 2 N–H and O–H groups in total. The molecular weight excluding hydrogens is 262 g/mol. The Bertz CT molecular complexity index is 410. The molecule has 0 spiro atoms. The number of aryl methyl sites for hydroxylation is 1. The smallest absolute Gasteiger partial charge is 0.125 e. The number of hydrogen-bond acceptors (Lipinski definition) is 2. The fraction of sp³-hybridized carbons (Fsp3) is 0.667. The average molecular weight is 294 g/mol. The first-order valence-electron chi connectivity index (χ1n) is 8.00. The first-order chi connectivity index (χ1) is 9.96. The fourth-order valence-corrected chi connectivity index (χ4v) is 2.35. The Kier molecular flexibility index (Phi) is 7.76. The minimum absolute atomic E-state index is 0.119. The summed E-state index contributed by atoms with van der Waals surface area (Å²) in [6, 6.07) is 6.42. The summed E-state index contributed by atoms with van der Waals surface area (Å²) >= 11 is 0. The Labute approximate surface area is 130 Å². The largest absolute Gasteiger partial charge is 0.493 e. The van der Waals surface area contributed by atoms with Gasteiger partial charge in [-0.2, -0.15) is 0 Å². The van der Waals surface area contributed by atoms with E-state index in [9.17, 15) is 0 Å². The van der Waals surface area contributed by atoms with Gasteiger partial charge in [0.1, 0.15) is 5.75 Å². The Morgan fingerprint density at radius 1 is 1.05 bits per heavy atom. The van der Waals surface area contributed by atoms with Crippen LogP contribution in [0.1, 0.15) is 44.7 Å². The average Bonchev–Trinajstić information content (AvgIpc) is 2.42. The Balaban J connectivity index is 2.38. The standard InChI is InChI=1S/C18H31NO2/c1-15-9-6-10-16(18(2,3)4)17(15)21-14-8-12-19-11-7-13-20-5/h6,9-10,19H,7-8,11-14H2,1-5H3/p+1. The normalized spacial score (nSPS) is 11.7. The molecule has 0 aromatic heterocycles. The highest BCUT2D eigenvalue weighted by Crippen LogP contribution is 2.33. The summed E-state index contributed by atoms with van der Waals surface area (Å²) in [5.41, 5.74) is 2.64. The zero-order valence-electron chi connectivity index (χ0n) is 14.4. The van der Waals surface area contributed by atoms with E-state index in [4.69, 9.17) is 9.47 Å². The SMILES string of the molecule is COCCC[NH2+]CCCOc1c(C)cccc1C(C)(C)C. The summed E-state index contributed by atoms with van der Waals surface area (Å²) in [7, 11) is 1.75. The van der Waals surface area contributed by atoms with E-state index in [1.165, 1.54) is 11.1 Å². The zero-order chi connectivity index (χ0) is 15.7. The maximum absolute atomic E-state index is 6.08. The second-order valence-electron chi connectivity index (χ2n) is 6.62. The molecule has 21 heavy (non-hydrogen) atoms. The van der Waals surface area contributed by atoms with Crippen molar-refractivity contribution in [2.75, 3.05) is 33.4 Å². The van der Waals surface area contributed by atoms with E-state index < -0.39 is 0 Å². The van der Waals surface area contributed by atoms with Crippen molar-refractivity contribution in [3.63, 3.8) is 0 Å². The third kappa shape index (κ3) is 6.49. The molecule has 3 heteroatoms. The van der Waals surface area contributed by atoms with Gasteiger partial charge in [-0.1, -0.05) is 39.0 Å². The summed E-state index contributed by atoms with van der Waals surface area (Å²) in [6.45, 7) is 12.7. The molecular formula is C18H32NO2+. The van der Waals surface area contributed by atoms with Crippen LogP contribution < -0.4 is 10.1 Å². The lowest BCUT2D eigenvalue weighted by molar-refractivity contribution is -0.655. The van der Waals surface area contributed by atoms with Gasteiger partial charge in [-0.15, -0.1) is 0 Å². The lowest BCUT2D eigenvalue weighted by Gasteiger charge is -2.24. The van der Waals surface area contributed by atoms with Gasteiger partial charge >= 0.3 is 0 Å². The van der Waals surface area contributed by atoms with Gasteiger partial charge < -0.3 is 14.8 Å². The lowest BCUT2D eigenvalue weighted by Crippen LogP contribution is -2.84. The maximum Gasteiger partial charge on any atom is 0.125 e. The van der Waals surface area contributed by atoms with Crippen molar-refractivity contribution in [3.8, 4) is 5.75 Å². The van der Waals surface area contributed by atoms with Crippen LogP contribution >= 0.6 is 0 Å². The Hall–Kier alpha value is -1.06. The van der Waals surface area contributed by atoms with Gasteiger partial charge in [0.05, 0.1) is 26.3 Å². The van der Waals surface area contributed by atoms with E-state index >= 15 is 0 Å². The van der Waals surface area contributed by atoms with Crippen molar-refractivity contribution in [3.05, 3.63) is 29.3 Å². The summed E-state index contributed by atoms with van der Waals surface area (Å²) in [6.07, 6.45) is 2.19. The van der Waals surface area contributed by atoms with Gasteiger partial charge in [-0.05, 0) is 23.5 Å². The molecule has 120 valence electrons.